The van der Waals surface area contributed by atoms with E-state index in [0.29, 0.717) is 18.9 Å². The van der Waals surface area contributed by atoms with Gasteiger partial charge in [-0.3, -0.25) is 9.78 Å². The number of carbonyl (C=O) groups excluding carboxylic acids is 1. The van der Waals surface area contributed by atoms with E-state index in [1.807, 2.05) is 18.2 Å². The first-order chi connectivity index (χ1) is 7.34. The van der Waals surface area contributed by atoms with Gasteiger partial charge in [0.25, 0.3) is 0 Å². The molecule has 1 unspecified atom stereocenters. The van der Waals surface area contributed by atoms with Crippen molar-refractivity contribution in [2.75, 3.05) is 6.61 Å². The van der Waals surface area contributed by atoms with E-state index < -0.39 is 0 Å². The van der Waals surface area contributed by atoms with Gasteiger partial charge in [0.2, 0.25) is 0 Å². The van der Waals surface area contributed by atoms with Crippen LogP contribution in [-0.2, 0) is 9.53 Å². The normalized spacial score (nSPS) is 21.6. The molecule has 0 bridgehead atoms. The van der Waals surface area contributed by atoms with Crippen molar-refractivity contribution < 1.29 is 9.53 Å². The lowest BCUT2D eigenvalue weighted by Crippen LogP contribution is -2.19. The molecule has 0 saturated carbocycles. The van der Waals surface area contributed by atoms with E-state index in [-0.39, 0.29) is 5.97 Å². The molecule has 0 aromatic carbocycles. The van der Waals surface area contributed by atoms with Crippen molar-refractivity contribution >= 4 is 12.0 Å². The van der Waals surface area contributed by atoms with Crippen LogP contribution in [0.1, 0.15) is 18.4 Å². The molecule has 1 saturated heterocycles. The average molecular weight is 203 g/mol. The van der Waals surface area contributed by atoms with E-state index in [1.165, 1.54) is 0 Å². The van der Waals surface area contributed by atoms with Gasteiger partial charge in [-0.25, -0.2) is 0 Å². The fraction of sp³-hybridized carbons (Fsp3) is 0.333. The number of pyridine rings is 1. The lowest BCUT2D eigenvalue weighted by molar-refractivity contribution is -0.148. The number of carbonyl (C=O) groups is 1. The predicted octanol–water partition coefficient (Wildman–Crippen LogP) is 2.05. The molecular weight excluding hydrogens is 190 g/mol. The van der Waals surface area contributed by atoms with Gasteiger partial charge in [0.15, 0.2) is 0 Å². The number of cyclic esters (lactones) is 1. The quantitative estimate of drug-likeness (QED) is 0.690. The summed E-state index contributed by atoms with van der Waals surface area (Å²) in [7, 11) is 0. The second-order valence-corrected chi connectivity index (χ2v) is 3.62. The summed E-state index contributed by atoms with van der Waals surface area (Å²) >= 11 is 0. The van der Waals surface area contributed by atoms with Crippen molar-refractivity contribution in [1.82, 2.24) is 4.98 Å². The van der Waals surface area contributed by atoms with Crippen LogP contribution in [0.3, 0.4) is 0 Å². The second kappa shape index (κ2) is 4.73. The molecule has 1 atom stereocenters. The Bertz CT molecular complexity index is 359. The molecule has 0 spiro atoms. The molecule has 15 heavy (non-hydrogen) atoms. The minimum atomic E-state index is -0.0953. The van der Waals surface area contributed by atoms with Gasteiger partial charge in [0.05, 0.1) is 13.0 Å². The van der Waals surface area contributed by atoms with Crippen LogP contribution in [0.2, 0.25) is 0 Å². The van der Waals surface area contributed by atoms with E-state index in [2.05, 4.69) is 11.1 Å². The van der Waals surface area contributed by atoms with Crippen LogP contribution in [0.5, 0.6) is 0 Å². The minimum absolute atomic E-state index is 0.0953. The first-order valence-electron chi connectivity index (χ1n) is 5.08. The van der Waals surface area contributed by atoms with E-state index in [1.54, 1.807) is 12.4 Å². The highest BCUT2D eigenvalue weighted by atomic mass is 16.5. The topological polar surface area (TPSA) is 39.2 Å². The Labute approximate surface area is 88.8 Å². The molecule has 2 rings (SSSR count). The molecule has 0 N–H and O–H groups in total. The number of ether oxygens (including phenoxy) is 1. The Morgan fingerprint density at radius 1 is 1.53 bits per heavy atom. The number of hydrogen-bond donors (Lipinski definition) is 0. The summed E-state index contributed by atoms with van der Waals surface area (Å²) in [6.45, 7) is 0.543. The molecule has 1 aliphatic heterocycles. The summed E-state index contributed by atoms with van der Waals surface area (Å²) in [6.07, 6.45) is 9.04. The maximum Gasteiger partial charge on any atom is 0.306 e. The summed E-state index contributed by atoms with van der Waals surface area (Å²) in [5, 5.41) is 0. The van der Waals surface area contributed by atoms with Gasteiger partial charge in [-0.15, -0.1) is 0 Å². The van der Waals surface area contributed by atoms with E-state index in [0.717, 1.165) is 12.0 Å². The third kappa shape index (κ3) is 2.91. The van der Waals surface area contributed by atoms with E-state index >= 15 is 0 Å². The van der Waals surface area contributed by atoms with Crippen molar-refractivity contribution in [1.29, 1.82) is 0 Å². The Kier molecular flexibility index (Phi) is 3.12. The van der Waals surface area contributed by atoms with Gasteiger partial charge in [-0.1, -0.05) is 18.2 Å². The number of nitrogens with zero attached hydrogens (tertiary/aromatic N) is 1. The summed E-state index contributed by atoms with van der Waals surface area (Å²) in [6, 6.07) is 3.89. The lowest BCUT2D eigenvalue weighted by Gasteiger charge is -2.17. The number of aromatic nitrogens is 1. The maximum atomic E-state index is 11.0. The smallest absolute Gasteiger partial charge is 0.306 e. The SMILES string of the molecule is O=C1CC(C=Cc2cccnc2)CCO1. The third-order valence-corrected chi connectivity index (χ3v) is 2.43. The molecule has 0 amide bonds. The highest BCUT2D eigenvalue weighted by molar-refractivity contribution is 5.71. The molecule has 0 radical (unpaired) electrons. The van der Waals surface area contributed by atoms with Crippen LogP contribution in [0, 0.1) is 5.92 Å². The van der Waals surface area contributed by atoms with Crippen LogP contribution >= 0.6 is 0 Å². The molecule has 2 heterocycles. The molecule has 1 aliphatic rings. The number of allylic oxidation sites excluding steroid dienone is 1. The highest BCUT2D eigenvalue weighted by Crippen LogP contribution is 2.18. The molecular formula is C12H13NO2. The molecule has 1 aromatic rings. The average Bonchev–Trinajstić information content (AvgIpc) is 2.28. The monoisotopic (exact) mass is 203 g/mol. The zero-order valence-corrected chi connectivity index (χ0v) is 8.43. The third-order valence-electron chi connectivity index (χ3n) is 2.43. The Morgan fingerprint density at radius 2 is 2.47 bits per heavy atom. The number of esters is 1. The van der Waals surface area contributed by atoms with Crippen LogP contribution in [0.25, 0.3) is 6.08 Å². The summed E-state index contributed by atoms with van der Waals surface area (Å²) in [4.78, 5) is 15.0. The van der Waals surface area contributed by atoms with Gasteiger partial charge < -0.3 is 4.74 Å². The molecule has 0 aliphatic carbocycles. The second-order valence-electron chi connectivity index (χ2n) is 3.62. The van der Waals surface area contributed by atoms with Crippen LogP contribution in [-0.4, -0.2) is 17.6 Å². The lowest BCUT2D eigenvalue weighted by atomic mass is 9.99. The van der Waals surface area contributed by atoms with Gasteiger partial charge >= 0.3 is 5.97 Å². The van der Waals surface area contributed by atoms with E-state index in [9.17, 15) is 4.79 Å². The van der Waals surface area contributed by atoms with Crippen molar-refractivity contribution in [3.8, 4) is 0 Å². The van der Waals surface area contributed by atoms with Crippen molar-refractivity contribution in [2.45, 2.75) is 12.8 Å². The fourth-order valence-corrected chi connectivity index (χ4v) is 1.59. The van der Waals surface area contributed by atoms with Crippen LogP contribution < -0.4 is 0 Å². The molecule has 3 nitrogen and oxygen atoms in total. The summed E-state index contributed by atoms with van der Waals surface area (Å²) in [5.41, 5.74) is 1.07. The molecule has 78 valence electrons. The van der Waals surface area contributed by atoms with Gasteiger partial charge in [-0.2, -0.15) is 0 Å². The zero-order valence-electron chi connectivity index (χ0n) is 8.43. The Hall–Kier alpha value is -1.64. The molecule has 1 fully saturated rings. The van der Waals surface area contributed by atoms with Crippen molar-refractivity contribution in [3.63, 3.8) is 0 Å². The van der Waals surface area contributed by atoms with Crippen LogP contribution in [0.15, 0.2) is 30.6 Å². The fourth-order valence-electron chi connectivity index (χ4n) is 1.59. The number of hydrogen-bond acceptors (Lipinski definition) is 3. The maximum absolute atomic E-state index is 11.0. The van der Waals surface area contributed by atoms with Crippen LogP contribution in [0.4, 0.5) is 0 Å². The Balaban J connectivity index is 1.96. The first-order valence-corrected chi connectivity index (χ1v) is 5.08. The predicted molar refractivity (Wildman–Crippen MR) is 57.0 cm³/mol. The van der Waals surface area contributed by atoms with Crippen molar-refractivity contribution in [2.24, 2.45) is 5.92 Å². The van der Waals surface area contributed by atoms with Crippen molar-refractivity contribution in [3.05, 3.63) is 36.2 Å². The Morgan fingerprint density at radius 3 is 3.20 bits per heavy atom. The largest absolute Gasteiger partial charge is 0.466 e. The molecule has 1 aromatic heterocycles. The highest BCUT2D eigenvalue weighted by Gasteiger charge is 2.17. The van der Waals surface area contributed by atoms with Gasteiger partial charge in [-0.05, 0) is 24.0 Å². The van der Waals surface area contributed by atoms with Gasteiger partial charge in [0, 0.05) is 12.4 Å². The number of rotatable bonds is 2. The standard InChI is InChI=1S/C12H13NO2/c14-12-8-10(5-7-15-12)3-4-11-2-1-6-13-9-11/h1-4,6,9-10H,5,7-8H2. The summed E-state index contributed by atoms with van der Waals surface area (Å²) < 4.78 is 4.87. The van der Waals surface area contributed by atoms with Gasteiger partial charge in [0.1, 0.15) is 0 Å². The zero-order chi connectivity index (χ0) is 10.5. The van der Waals surface area contributed by atoms with E-state index in [4.69, 9.17) is 4.74 Å². The first kappa shape index (κ1) is 9.90. The molecule has 3 heteroatoms. The summed E-state index contributed by atoms with van der Waals surface area (Å²) in [5.74, 6) is 0.216. The minimum Gasteiger partial charge on any atom is -0.466 e.